The van der Waals surface area contributed by atoms with Crippen LogP contribution in [-0.4, -0.2) is 18.3 Å². The van der Waals surface area contributed by atoms with Gasteiger partial charge in [-0.1, -0.05) is 12.1 Å². The van der Waals surface area contributed by atoms with Crippen molar-refractivity contribution in [1.29, 1.82) is 0 Å². The highest BCUT2D eigenvalue weighted by Crippen LogP contribution is 2.26. The molecule has 5 heteroatoms. The molecule has 0 radical (unpaired) electrons. The lowest BCUT2D eigenvalue weighted by molar-refractivity contribution is 0.284. The minimum atomic E-state index is 0.105. The van der Waals surface area contributed by atoms with Crippen molar-refractivity contribution in [3.63, 3.8) is 0 Å². The molecule has 0 spiro atoms. The Morgan fingerprint density at radius 1 is 1.33 bits per heavy atom. The monoisotopic (exact) mass is 290 g/mol. The van der Waals surface area contributed by atoms with Crippen LogP contribution in [0.5, 0.6) is 11.5 Å². The fourth-order valence-corrected chi connectivity index (χ4v) is 2.05. The summed E-state index contributed by atoms with van der Waals surface area (Å²) in [5.41, 5.74) is 7.87. The van der Waals surface area contributed by atoms with Crippen molar-refractivity contribution in [3.05, 3.63) is 41.3 Å². The molecule has 21 heavy (non-hydrogen) atoms. The van der Waals surface area contributed by atoms with E-state index in [0.717, 1.165) is 41.4 Å². The number of aromatic nitrogens is 1. The zero-order valence-electron chi connectivity index (χ0n) is 12.8. The molecule has 1 unspecified atom stereocenters. The third-order valence-corrected chi connectivity index (χ3v) is 3.33. The van der Waals surface area contributed by atoms with Crippen LogP contribution >= 0.6 is 0 Å². The summed E-state index contributed by atoms with van der Waals surface area (Å²) < 4.78 is 16.1. The lowest BCUT2D eigenvalue weighted by atomic mass is 10.0. The predicted molar refractivity (Wildman–Crippen MR) is 80.5 cm³/mol. The third-order valence-electron chi connectivity index (χ3n) is 3.33. The van der Waals surface area contributed by atoms with Crippen molar-refractivity contribution in [1.82, 2.24) is 5.16 Å². The van der Waals surface area contributed by atoms with Crippen molar-refractivity contribution >= 4 is 0 Å². The second-order valence-corrected chi connectivity index (χ2v) is 5.06. The van der Waals surface area contributed by atoms with Gasteiger partial charge in [-0.25, -0.2) is 0 Å². The highest BCUT2D eigenvalue weighted by molar-refractivity contribution is 5.41. The second-order valence-electron chi connectivity index (χ2n) is 5.06. The maximum absolute atomic E-state index is 6.05. The number of nitrogens with zero attached hydrogens (tertiary/aromatic N) is 1. The summed E-state index contributed by atoms with van der Waals surface area (Å²) in [6, 6.07) is 7.72. The molecule has 5 nitrogen and oxygen atoms in total. The first-order chi connectivity index (χ1) is 10.1. The van der Waals surface area contributed by atoms with Gasteiger partial charge < -0.3 is 19.7 Å². The van der Waals surface area contributed by atoms with Crippen molar-refractivity contribution in [2.45, 2.75) is 39.3 Å². The van der Waals surface area contributed by atoms with E-state index in [1.807, 2.05) is 31.2 Å². The van der Waals surface area contributed by atoms with Gasteiger partial charge in [0, 0.05) is 12.1 Å². The van der Waals surface area contributed by atoms with Gasteiger partial charge in [-0.2, -0.15) is 0 Å². The average molecular weight is 290 g/mol. The summed E-state index contributed by atoms with van der Waals surface area (Å²) in [6.07, 6.45) is 1.67. The van der Waals surface area contributed by atoms with Crippen molar-refractivity contribution in [2.24, 2.45) is 5.73 Å². The summed E-state index contributed by atoms with van der Waals surface area (Å²) in [7, 11) is 1.65. The topological polar surface area (TPSA) is 70.5 Å². The smallest absolute Gasteiger partial charge is 0.134 e. The number of methoxy groups -OCH3 is 1. The number of benzene rings is 1. The first-order valence-electron chi connectivity index (χ1n) is 7.09. The summed E-state index contributed by atoms with van der Waals surface area (Å²) in [6.45, 7) is 4.30. The van der Waals surface area contributed by atoms with Crippen LogP contribution in [0.4, 0.5) is 0 Å². The number of rotatable bonds is 7. The fraction of sp³-hybridized carbons (Fsp3) is 0.438. The Kier molecular flexibility index (Phi) is 5.22. The minimum absolute atomic E-state index is 0.105. The van der Waals surface area contributed by atoms with E-state index in [1.165, 1.54) is 0 Å². The second kappa shape index (κ2) is 7.13. The van der Waals surface area contributed by atoms with Gasteiger partial charge in [0.15, 0.2) is 0 Å². The Balaban J connectivity index is 2.12. The minimum Gasteiger partial charge on any atom is -0.497 e. The molecule has 1 atom stereocenters. The molecule has 1 aromatic carbocycles. The largest absolute Gasteiger partial charge is 0.497 e. The highest BCUT2D eigenvalue weighted by Gasteiger charge is 2.11. The van der Waals surface area contributed by atoms with E-state index in [-0.39, 0.29) is 6.04 Å². The van der Waals surface area contributed by atoms with Crippen LogP contribution in [0.2, 0.25) is 0 Å². The first kappa shape index (κ1) is 15.4. The van der Waals surface area contributed by atoms with Gasteiger partial charge in [-0.3, -0.25) is 0 Å². The van der Waals surface area contributed by atoms with Crippen LogP contribution in [0.1, 0.15) is 30.4 Å². The number of aryl methyl sites for hydroxylation is 1. The van der Waals surface area contributed by atoms with E-state index in [4.69, 9.17) is 19.7 Å². The molecule has 2 aromatic rings. The zero-order valence-corrected chi connectivity index (χ0v) is 12.8. The zero-order chi connectivity index (χ0) is 15.2. The number of ether oxygens (including phenoxy) is 2. The van der Waals surface area contributed by atoms with Crippen LogP contribution in [-0.2, 0) is 13.0 Å². The molecule has 114 valence electrons. The molecular formula is C16H22N2O3. The van der Waals surface area contributed by atoms with Gasteiger partial charge in [-0.05, 0) is 43.5 Å². The fourth-order valence-electron chi connectivity index (χ4n) is 2.05. The number of hydrogen-bond donors (Lipinski definition) is 1. The Morgan fingerprint density at radius 2 is 2.14 bits per heavy atom. The normalized spacial score (nSPS) is 12.2. The molecule has 0 aliphatic heterocycles. The van der Waals surface area contributed by atoms with E-state index >= 15 is 0 Å². The lowest BCUT2D eigenvalue weighted by Gasteiger charge is -2.15. The summed E-state index contributed by atoms with van der Waals surface area (Å²) in [5, 5.41) is 3.92. The van der Waals surface area contributed by atoms with E-state index in [0.29, 0.717) is 6.61 Å². The summed E-state index contributed by atoms with van der Waals surface area (Å²) in [4.78, 5) is 0. The average Bonchev–Trinajstić information content (AvgIpc) is 2.91. The molecule has 0 fully saturated rings. The number of hydrogen-bond acceptors (Lipinski definition) is 5. The lowest BCUT2D eigenvalue weighted by Crippen LogP contribution is -2.21. The van der Waals surface area contributed by atoms with Crippen LogP contribution in [0, 0.1) is 6.92 Å². The predicted octanol–water partition coefficient (Wildman–Crippen LogP) is 2.85. The SMILES string of the molecule is CCC(N)Cc1cc(OC)ccc1OCc1cc(C)on1. The molecule has 1 heterocycles. The number of nitrogens with two attached hydrogens (primary N) is 1. The van der Waals surface area contributed by atoms with E-state index in [1.54, 1.807) is 7.11 Å². The highest BCUT2D eigenvalue weighted by atomic mass is 16.5. The van der Waals surface area contributed by atoms with Crippen molar-refractivity contribution in [3.8, 4) is 11.5 Å². The molecule has 2 rings (SSSR count). The van der Waals surface area contributed by atoms with Crippen molar-refractivity contribution in [2.75, 3.05) is 7.11 Å². The molecular weight excluding hydrogens is 268 g/mol. The van der Waals surface area contributed by atoms with Crippen LogP contribution in [0.3, 0.4) is 0 Å². The maximum atomic E-state index is 6.05. The van der Waals surface area contributed by atoms with E-state index in [2.05, 4.69) is 12.1 Å². The van der Waals surface area contributed by atoms with Gasteiger partial charge in [0.25, 0.3) is 0 Å². The van der Waals surface area contributed by atoms with E-state index < -0.39 is 0 Å². The van der Waals surface area contributed by atoms with Gasteiger partial charge in [0.05, 0.1) is 7.11 Å². The molecule has 0 saturated heterocycles. The van der Waals surface area contributed by atoms with Crippen LogP contribution < -0.4 is 15.2 Å². The summed E-state index contributed by atoms with van der Waals surface area (Å²) >= 11 is 0. The van der Waals surface area contributed by atoms with Crippen LogP contribution in [0.15, 0.2) is 28.8 Å². The first-order valence-corrected chi connectivity index (χ1v) is 7.09. The van der Waals surface area contributed by atoms with Gasteiger partial charge >= 0.3 is 0 Å². The quantitative estimate of drug-likeness (QED) is 0.849. The Morgan fingerprint density at radius 3 is 2.76 bits per heavy atom. The standard InChI is InChI=1S/C16H22N2O3/c1-4-13(17)8-12-9-15(19-3)5-6-16(12)20-10-14-7-11(2)21-18-14/h5-7,9,13H,4,8,10,17H2,1-3H3. The molecule has 0 bridgehead atoms. The maximum Gasteiger partial charge on any atom is 0.134 e. The third kappa shape index (κ3) is 4.23. The molecule has 0 aliphatic rings. The molecule has 0 saturated carbocycles. The van der Waals surface area contributed by atoms with Crippen molar-refractivity contribution < 1.29 is 14.0 Å². The Bertz CT molecular complexity index is 581. The van der Waals surface area contributed by atoms with Gasteiger partial charge in [0.2, 0.25) is 0 Å². The van der Waals surface area contributed by atoms with Crippen LogP contribution in [0.25, 0.3) is 0 Å². The van der Waals surface area contributed by atoms with E-state index in [9.17, 15) is 0 Å². The Labute approximate surface area is 125 Å². The molecule has 1 aromatic heterocycles. The molecule has 0 amide bonds. The summed E-state index contributed by atoms with van der Waals surface area (Å²) in [5.74, 6) is 2.38. The Hall–Kier alpha value is -2.01. The van der Waals surface area contributed by atoms with Gasteiger partial charge in [0.1, 0.15) is 29.6 Å². The molecule has 0 aliphatic carbocycles. The van der Waals surface area contributed by atoms with Gasteiger partial charge in [-0.15, -0.1) is 0 Å². The molecule has 2 N–H and O–H groups in total.